The van der Waals surface area contributed by atoms with Gasteiger partial charge in [-0.25, -0.2) is 28.8 Å². The molecule has 0 N–H and O–H groups in total. The Hall–Kier alpha value is -13.7. The summed E-state index contributed by atoms with van der Waals surface area (Å²) in [6.07, 6.45) is -38.2. The van der Waals surface area contributed by atoms with Crippen molar-refractivity contribution >= 4 is 35.8 Å². The van der Waals surface area contributed by atoms with Gasteiger partial charge in [0.15, 0.2) is 49.8 Å². The summed E-state index contributed by atoms with van der Waals surface area (Å²) in [6, 6.07) is 80.5. The fraction of sp³-hybridized carbons (Fsp3) is 0.365. The molecule has 5 saturated heterocycles. The largest absolute Gasteiger partial charge is 0.467 e. The van der Waals surface area contributed by atoms with Crippen molar-refractivity contribution in [2.75, 3.05) is 34.5 Å². The first-order chi connectivity index (χ1) is 69.1. The van der Waals surface area contributed by atoms with Crippen LogP contribution < -0.4 is 0 Å². The molecular formula is C104H105N9O28. The summed E-state index contributed by atoms with van der Waals surface area (Å²) in [5.41, 5.74) is 36.5. The summed E-state index contributed by atoms with van der Waals surface area (Å²) < 4.78 is 148. The van der Waals surface area contributed by atoms with E-state index >= 15 is 19.2 Å². The van der Waals surface area contributed by atoms with E-state index in [1.807, 2.05) is 60.7 Å². The van der Waals surface area contributed by atoms with E-state index in [0.717, 1.165) is 19.8 Å². The topological polar surface area (TPSA) is 452 Å². The van der Waals surface area contributed by atoms with Crippen LogP contribution in [-0.4, -0.2) is 224 Å². The van der Waals surface area contributed by atoms with Crippen molar-refractivity contribution in [1.82, 2.24) is 0 Å². The molecule has 0 aromatic heterocycles. The van der Waals surface area contributed by atoms with E-state index in [1.165, 1.54) is 43.5 Å². The zero-order chi connectivity index (χ0) is 98.2. The molecule has 141 heavy (non-hydrogen) atoms. The van der Waals surface area contributed by atoms with Crippen LogP contribution in [0.1, 0.15) is 88.2 Å². The van der Waals surface area contributed by atoms with E-state index in [2.05, 4.69) is 30.1 Å². The van der Waals surface area contributed by atoms with Crippen LogP contribution in [0.5, 0.6) is 0 Å². The fourth-order valence-corrected chi connectivity index (χ4v) is 17.1. The van der Waals surface area contributed by atoms with Crippen molar-refractivity contribution in [2.24, 2.45) is 15.3 Å². The number of rotatable bonds is 43. The number of carbonyl (C=O) groups excluding carboxylic acids is 6. The lowest BCUT2D eigenvalue weighted by Crippen LogP contribution is -2.69. The molecule has 5 aliphatic rings. The number of hydrogen-bond donors (Lipinski definition) is 0. The Labute approximate surface area is 811 Å². The van der Waals surface area contributed by atoms with Crippen molar-refractivity contribution in [3.05, 3.63) is 390 Å². The number of azide groups is 3. The Morgan fingerprint density at radius 3 is 0.887 bits per heavy atom. The van der Waals surface area contributed by atoms with Crippen LogP contribution in [0.2, 0.25) is 0 Å². The second-order valence-electron chi connectivity index (χ2n) is 33.1. The molecule has 10 unspecified atom stereocenters. The zero-order valence-corrected chi connectivity index (χ0v) is 77.1. The monoisotopic (exact) mass is 1930 g/mol. The summed E-state index contributed by atoms with van der Waals surface area (Å²) in [6.45, 7) is -0.714. The highest BCUT2D eigenvalue weighted by Crippen LogP contribution is 2.44. The van der Waals surface area contributed by atoms with Gasteiger partial charge in [-0.1, -0.05) is 277 Å². The molecule has 37 heteroatoms. The molecule has 15 rings (SSSR count). The Bertz CT molecular complexity index is 5790. The van der Waals surface area contributed by atoms with Gasteiger partial charge in [-0.05, 0) is 105 Å². The van der Waals surface area contributed by atoms with Gasteiger partial charge in [-0.3, -0.25) is 0 Å². The molecule has 0 amide bonds. The van der Waals surface area contributed by atoms with Crippen LogP contribution in [0.3, 0.4) is 0 Å². The average molecular weight is 1930 g/mol. The first-order valence-electron chi connectivity index (χ1n) is 45.7. The summed E-state index contributed by atoms with van der Waals surface area (Å²) in [5, 5.41) is 12.8. The van der Waals surface area contributed by atoms with Gasteiger partial charge in [0.25, 0.3) is 0 Å². The van der Waals surface area contributed by atoms with E-state index < -0.39 is 202 Å². The Morgan fingerprint density at radius 2 is 0.539 bits per heavy atom. The third-order valence-electron chi connectivity index (χ3n) is 24.0. The highest BCUT2D eigenvalue weighted by molar-refractivity contribution is 5.91. The molecule has 0 bridgehead atoms. The van der Waals surface area contributed by atoms with Gasteiger partial charge in [0, 0.05) is 21.8 Å². The maximum Gasteiger partial charge on any atom is 0.338 e. The molecule has 5 aliphatic heterocycles. The summed E-state index contributed by atoms with van der Waals surface area (Å²) in [7, 11) is 3.44. The SMILES string of the molecule is CCC1O[C@@H](O[C@H]2C(C(=O)OC)O[C@@H](O[C@@H]3C(COC(=O)c4ccccc4)O[C@H](OC)C(N=[N+]=[N-])[C@@H]3OCc3ccccc3)C(OC(=O)c3ccccc3)[C@H]2OCc2ccccc2)C(N=[N+]=[N-])[C@@H](OC(=O)c2ccccc2)[C@@H]1O[C@@H]1OC(C(=O)OC)[C@@H](O[C@H]2OC(COC(=O)c3ccccc3)[C@@H](OCc3ccccc3)[C@@H](OCc3ccccc3)C2N=[N+]=[N-])[C@@H](OCc2ccccc2)C1OCc1ccccc1. The van der Waals surface area contributed by atoms with Crippen molar-refractivity contribution in [3.8, 4) is 0 Å². The minimum Gasteiger partial charge on any atom is -0.467 e. The highest BCUT2D eigenvalue weighted by atomic mass is 16.8. The molecule has 37 nitrogen and oxygen atoms in total. The maximum absolute atomic E-state index is 15.5. The number of hydrogen-bond acceptors (Lipinski definition) is 31. The van der Waals surface area contributed by atoms with Gasteiger partial charge in [0.05, 0.1) is 82.2 Å². The lowest BCUT2D eigenvalue weighted by atomic mass is 9.92. The maximum atomic E-state index is 15.5. The first-order valence-corrected chi connectivity index (χ1v) is 45.7. The van der Waals surface area contributed by atoms with E-state index in [1.54, 1.807) is 213 Å². The van der Waals surface area contributed by atoms with Crippen LogP contribution in [0.15, 0.2) is 319 Å². The fourth-order valence-electron chi connectivity index (χ4n) is 17.1. The second kappa shape index (κ2) is 51.5. The van der Waals surface area contributed by atoms with Gasteiger partial charge in [-0.2, -0.15) is 0 Å². The number of ether oxygens (including phenoxy) is 22. The predicted octanol–water partition coefficient (Wildman–Crippen LogP) is 15.3. The smallest absolute Gasteiger partial charge is 0.338 e. The minimum atomic E-state index is -2.12. The van der Waals surface area contributed by atoms with E-state index in [9.17, 15) is 26.2 Å². The molecule has 734 valence electrons. The quantitative estimate of drug-likeness (QED) is 0.0113. The summed E-state index contributed by atoms with van der Waals surface area (Å²) >= 11 is 0. The molecule has 0 radical (unpaired) electrons. The van der Waals surface area contributed by atoms with Gasteiger partial charge >= 0.3 is 35.8 Å². The van der Waals surface area contributed by atoms with Crippen LogP contribution >= 0.6 is 0 Å². The number of carbonyl (C=O) groups is 6. The second-order valence-corrected chi connectivity index (χ2v) is 33.1. The molecule has 10 aromatic rings. The van der Waals surface area contributed by atoms with Crippen molar-refractivity contribution in [3.63, 3.8) is 0 Å². The van der Waals surface area contributed by atoms with Gasteiger partial charge in [0.1, 0.15) is 111 Å². The molecule has 5 heterocycles. The molecule has 5 fully saturated rings. The van der Waals surface area contributed by atoms with E-state index in [4.69, 9.17) is 104 Å². The van der Waals surface area contributed by atoms with Gasteiger partial charge < -0.3 is 104 Å². The average Bonchev–Trinajstić information content (AvgIpc) is 0.742. The third-order valence-corrected chi connectivity index (χ3v) is 24.0. The molecular weight excluding hydrogens is 1820 g/mol. The zero-order valence-electron chi connectivity index (χ0n) is 77.1. The van der Waals surface area contributed by atoms with Crippen LogP contribution in [0, 0.1) is 0 Å². The van der Waals surface area contributed by atoms with Gasteiger partial charge in [0.2, 0.25) is 0 Å². The third kappa shape index (κ3) is 26.5. The molecule has 0 spiro atoms. The predicted molar refractivity (Wildman–Crippen MR) is 498 cm³/mol. The van der Waals surface area contributed by atoms with Crippen molar-refractivity contribution < 1.29 is 133 Å². The van der Waals surface area contributed by atoms with E-state index in [0.29, 0.717) is 27.8 Å². The van der Waals surface area contributed by atoms with E-state index in [-0.39, 0.29) is 68.3 Å². The Morgan fingerprint density at radius 1 is 0.277 bits per heavy atom. The summed E-state index contributed by atoms with van der Waals surface area (Å²) in [5.74, 6) is -5.88. The Kier molecular flexibility index (Phi) is 37.1. The summed E-state index contributed by atoms with van der Waals surface area (Å²) in [4.78, 5) is 99.7. The lowest BCUT2D eigenvalue weighted by Gasteiger charge is -2.51. The number of benzene rings is 10. The molecule has 10 aromatic carbocycles. The van der Waals surface area contributed by atoms with Crippen LogP contribution in [0.25, 0.3) is 31.3 Å². The standard InChI is InChI=1S/C104H105N9O28/c1-5-74-81(136-103-92(128-61-69-46-26-11-27-47-69)86(126-59-67-42-22-9-23-43-67)88(90(140-103)98(118)120-2)138-101-78(109-112-106)83(124-57-65-38-18-7-19-39-65)80(123-56-64-36-16-6-17-37-64)75(133-101)62-129-94(114)70-48-28-12-29-49-70)85(134-96(116)72-52-32-14-33-53-72)79(110-113-107)102(131-74)139-89-87(127-60-68-44-24-10-25-45-68)93(135-97(117)73-54-34-15-35-55-73)104(141-91(89)99(119)121-3)137-82-76(63-130-95(115)71-50-30-13-31-51-71)132-100(122-4)77(108-111-105)84(82)125-58-66-40-20-8-21-41-66/h6-55,74-93,100-104H,5,56-63H2,1-4H3/t74?,75?,76?,77?,78?,79?,80-,81-,82-,83+,84+,85-,86-,87+,88+,89-,90?,91?,92?,93?,100+,101-,102+,103-,104-/m1/s1. The molecule has 0 aliphatic carbocycles. The number of methoxy groups -OCH3 is 3. The van der Waals surface area contributed by atoms with Crippen molar-refractivity contribution in [1.29, 1.82) is 0 Å². The molecule has 25 atom stereocenters. The number of esters is 6. The normalized spacial score (nSPS) is 27.4. The Balaban J connectivity index is 0.837. The minimum absolute atomic E-state index is 0.0139. The van der Waals surface area contributed by atoms with Crippen LogP contribution in [0.4, 0.5) is 0 Å². The highest BCUT2D eigenvalue weighted by Gasteiger charge is 2.62. The van der Waals surface area contributed by atoms with Crippen LogP contribution in [-0.2, 0) is 153 Å². The first kappa shape index (κ1) is 102. The van der Waals surface area contributed by atoms with Crippen molar-refractivity contribution in [2.45, 2.75) is 206 Å². The number of nitrogens with zero attached hydrogens (tertiary/aromatic N) is 9. The lowest BCUT2D eigenvalue weighted by molar-refractivity contribution is -0.380. The van der Waals surface area contributed by atoms with Gasteiger partial charge in [-0.15, -0.1) is 0 Å². The molecule has 0 saturated carbocycles.